The summed E-state index contributed by atoms with van der Waals surface area (Å²) < 4.78 is 0. The molecular formula is C13H27N3. The van der Waals surface area contributed by atoms with Gasteiger partial charge in [-0.3, -0.25) is 0 Å². The van der Waals surface area contributed by atoms with Crippen LogP contribution in [-0.4, -0.2) is 43.7 Å². The normalized spacial score (nSPS) is 31.3. The summed E-state index contributed by atoms with van der Waals surface area (Å²) in [5.41, 5.74) is 5.51. The van der Waals surface area contributed by atoms with Gasteiger partial charge >= 0.3 is 0 Å². The van der Waals surface area contributed by atoms with Crippen molar-refractivity contribution < 1.29 is 0 Å². The number of nitrogens with zero attached hydrogens (tertiary/aromatic N) is 1. The van der Waals surface area contributed by atoms with E-state index in [2.05, 4.69) is 10.2 Å². The topological polar surface area (TPSA) is 41.3 Å². The van der Waals surface area contributed by atoms with Gasteiger partial charge in [-0.1, -0.05) is 6.42 Å². The first-order valence-corrected chi connectivity index (χ1v) is 7.06. The standard InChI is InChI=1S/C13H27N3/c14-7-4-8-15-11-12-5-3-10-16-9-2-1-6-13(12)16/h12-13,15H,1-11,14H2/t12?,13-/m1/s1. The highest BCUT2D eigenvalue weighted by molar-refractivity contribution is 4.87. The second-order valence-electron chi connectivity index (χ2n) is 5.35. The highest BCUT2D eigenvalue weighted by Gasteiger charge is 2.32. The van der Waals surface area contributed by atoms with Crippen molar-refractivity contribution in [2.24, 2.45) is 11.7 Å². The van der Waals surface area contributed by atoms with Crippen LogP contribution in [0.25, 0.3) is 0 Å². The molecule has 0 aliphatic carbocycles. The molecule has 2 saturated heterocycles. The molecule has 2 heterocycles. The van der Waals surface area contributed by atoms with Crippen molar-refractivity contribution in [2.75, 3.05) is 32.7 Å². The molecule has 94 valence electrons. The van der Waals surface area contributed by atoms with Crippen LogP contribution in [0.1, 0.15) is 38.5 Å². The first kappa shape index (κ1) is 12.3. The zero-order valence-electron chi connectivity index (χ0n) is 10.5. The van der Waals surface area contributed by atoms with Gasteiger partial charge in [0.2, 0.25) is 0 Å². The molecule has 16 heavy (non-hydrogen) atoms. The maximum Gasteiger partial charge on any atom is 0.0136 e. The Labute approximate surface area is 99.8 Å². The first-order valence-electron chi connectivity index (χ1n) is 7.06. The molecule has 3 heteroatoms. The fourth-order valence-corrected chi connectivity index (χ4v) is 3.33. The summed E-state index contributed by atoms with van der Waals surface area (Å²) in [6, 6.07) is 0.882. The van der Waals surface area contributed by atoms with Gasteiger partial charge < -0.3 is 16.0 Å². The number of hydrogen-bond acceptors (Lipinski definition) is 3. The van der Waals surface area contributed by atoms with Gasteiger partial charge in [0.05, 0.1) is 0 Å². The Kier molecular flexibility index (Phi) is 5.07. The molecule has 0 aromatic heterocycles. The van der Waals surface area contributed by atoms with Crippen molar-refractivity contribution in [3.05, 3.63) is 0 Å². The van der Waals surface area contributed by atoms with Crippen molar-refractivity contribution in [3.8, 4) is 0 Å². The highest BCUT2D eigenvalue weighted by Crippen LogP contribution is 2.30. The summed E-state index contributed by atoms with van der Waals surface area (Å²) in [4.78, 5) is 2.74. The lowest BCUT2D eigenvalue weighted by Crippen LogP contribution is -2.50. The monoisotopic (exact) mass is 225 g/mol. The molecule has 2 aliphatic rings. The summed E-state index contributed by atoms with van der Waals surface area (Å²) in [7, 11) is 0. The molecule has 0 spiro atoms. The van der Waals surface area contributed by atoms with Crippen LogP contribution in [0.5, 0.6) is 0 Å². The second-order valence-corrected chi connectivity index (χ2v) is 5.35. The molecule has 3 nitrogen and oxygen atoms in total. The van der Waals surface area contributed by atoms with E-state index in [0.29, 0.717) is 0 Å². The lowest BCUT2D eigenvalue weighted by molar-refractivity contribution is 0.0595. The quantitative estimate of drug-likeness (QED) is 0.691. The fraction of sp³-hybridized carbons (Fsp3) is 1.00. The lowest BCUT2D eigenvalue weighted by Gasteiger charge is -2.44. The molecule has 2 fully saturated rings. The SMILES string of the molecule is NCCCNCC1CCCN2CCCC[C@H]12. The molecule has 0 aromatic carbocycles. The molecule has 2 rings (SSSR count). The van der Waals surface area contributed by atoms with E-state index in [1.165, 1.54) is 51.7 Å². The van der Waals surface area contributed by atoms with Crippen molar-refractivity contribution in [1.82, 2.24) is 10.2 Å². The van der Waals surface area contributed by atoms with E-state index in [-0.39, 0.29) is 0 Å². The zero-order valence-corrected chi connectivity index (χ0v) is 10.5. The summed E-state index contributed by atoms with van der Waals surface area (Å²) in [5, 5.41) is 3.58. The molecular weight excluding hydrogens is 198 g/mol. The van der Waals surface area contributed by atoms with Crippen LogP contribution in [0.15, 0.2) is 0 Å². The third kappa shape index (κ3) is 3.19. The maximum absolute atomic E-state index is 5.51. The minimum absolute atomic E-state index is 0.813. The zero-order chi connectivity index (χ0) is 11.2. The van der Waals surface area contributed by atoms with Crippen LogP contribution >= 0.6 is 0 Å². The van der Waals surface area contributed by atoms with Crippen molar-refractivity contribution >= 4 is 0 Å². The summed E-state index contributed by atoms with van der Waals surface area (Å²) in [6.07, 6.45) is 8.24. The van der Waals surface area contributed by atoms with Crippen LogP contribution < -0.4 is 11.1 Å². The van der Waals surface area contributed by atoms with E-state index in [0.717, 1.165) is 31.5 Å². The van der Waals surface area contributed by atoms with Crippen LogP contribution in [-0.2, 0) is 0 Å². The maximum atomic E-state index is 5.51. The molecule has 0 bridgehead atoms. The molecule has 0 saturated carbocycles. The molecule has 2 atom stereocenters. The van der Waals surface area contributed by atoms with Gasteiger partial charge in [-0.25, -0.2) is 0 Å². The van der Waals surface area contributed by atoms with Crippen molar-refractivity contribution in [3.63, 3.8) is 0 Å². The van der Waals surface area contributed by atoms with Crippen LogP contribution in [0.2, 0.25) is 0 Å². The Bertz CT molecular complexity index is 194. The molecule has 0 aromatic rings. The summed E-state index contributed by atoms with van der Waals surface area (Å²) in [5.74, 6) is 0.895. The van der Waals surface area contributed by atoms with E-state index in [4.69, 9.17) is 5.73 Å². The van der Waals surface area contributed by atoms with E-state index >= 15 is 0 Å². The number of fused-ring (bicyclic) bond motifs is 1. The summed E-state index contributed by atoms with van der Waals surface area (Å²) in [6.45, 7) is 5.82. The molecule has 1 unspecified atom stereocenters. The van der Waals surface area contributed by atoms with Crippen molar-refractivity contribution in [1.29, 1.82) is 0 Å². The largest absolute Gasteiger partial charge is 0.330 e. The third-order valence-electron chi connectivity index (χ3n) is 4.19. The van der Waals surface area contributed by atoms with Gasteiger partial charge in [0.15, 0.2) is 0 Å². The number of nitrogens with two attached hydrogens (primary N) is 1. The Hall–Kier alpha value is -0.120. The van der Waals surface area contributed by atoms with Gasteiger partial charge in [0.25, 0.3) is 0 Å². The van der Waals surface area contributed by atoms with Crippen LogP contribution in [0.3, 0.4) is 0 Å². The predicted octanol–water partition coefficient (Wildman–Crippen LogP) is 1.19. The Morgan fingerprint density at radius 1 is 1.12 bits per heavy atom. The molecule has 3 N–H and O–H groups in total. The predicted molar refractivity (Wildman–Crippen MR) is 68.5 cm³/mol. The van der Waals surface area contributed by atoms with Gasteiger partial charge in [-0.2, -0.15) is 0 Å². The number of piperidine rings is 2. The van der Waals surface area contributed by atoms with Gasteiger partial charge in [0, 0.05) is 6.04 Å². The second kappa shape index (κ2) is 6.58. The van der Waals surface area contributed by atoms with Crippen LogP contribution in [0, 0.1) is 5.92 Å². The Balaban J connectivity index is 1.74. The lowest BCUT2D eigenvalue weighted by atomic mass is 9.83. The smallest absolute Gasteiger partial charge is 0.0136 e. The minimum Gasteiger partial charge on any atom is -0.330 e. The molecule has 0 radical (unpaired) electrons. The average Bonchev–Trinajstić information content (AvgIpc) is 2.35. The van der Waals surface area contributed by atoms with Crippen molar-refractivity contribution in [2.45, 2.75) is 44.6 Å². The third-order valence-corrected chi connectivity index (χ3v) is 4.19. The van der Waals surface area contributed by atoms with Gasteiger partial charge in [0.1, 0.15) is 0 Å². The minimum atomic E-state index is 0.813. The van der Waals surface area contributed by atoms with Gasteiger partial charge in [-0.15, -0.1) is 0 Å². The van der Waals surface area contributed by atoms with Gasteiger partial charge in [-0.05, 0) is 70.7 Å². The number of nitrogens with one attached hydrogen (secondary N) is 1. The highest BCUT2D eigenvalue weighted by atomic mass is 15.2. The average molecular weight is 225 g/mol. The molecule has 2 aliphatic heterocycles. The first-order chi connectivity index (χ1) is 7.92. The van der Waals surface area contributed by atoms with E-state index < -0.39 is 0 Å². The fourth-order valence-electron chi connectivity index (χ4n) is 3.33. The summed E-state index contributed by atoms with van der Waals surface area (Å²) >= 11 is 0. The van der Waals surface area contributed by atoms with E-state index in [9.17, 15) is 0 Å². The Morgan fingerprint density at radius 3 is 2.88 bits per heavy atom. The van der Waals surface area contributed by atoms with E-state index in [1.54, 1.807) is 0 Å². The molecule has 0 amide bonds. The van der Waals surface area contributed by atoms with Crippen LogP contribution in [0.4, 0.5) is 0 Å². The van der Waals surface area contributed by atoms with E-state index in [1.807, 2.05) is 0 Å². The number of hydrogen-bond donors (Lipinski definition) is 2. The Morgan fingerprint density at radius 2 is 2.00 bits per heavy atom. The number of rotatable bonds is 5.